The Bertz CT molecular complexity index is 547. The molecule has 1 heterocycles. The van der Waals surface area contributed by atoms with E-state index in [4.69, 9.17) is 4.74 Å². The summed E-state index contributed by atoms with van der Waals surface area (Å²) in [4.78, 5) is 17.5. The van der Waals surface area contributed by atoms with Gasteiger partial charge in [-0.05, 0) is 80.0 Å². The summed E-state index contributed by atoms with van der Waals surface area (Å²) in [5.41, 5.74) is 3.89. The largest absolute Gasteiger partial charge is 0.461 e. The molecule has 0 saturated carbocycles. The molecule has 0 aromatic rings. The molecule has 4 heteroatoms. The van der Waals surface area contributed by atoms with Gasteiger partial charge in [0.15, 0.2) is 0 Å². The van der Waals surface area contributed by atoms with E-state index in [1.54, 1.807) is 0 Å². The van der Waals surface area contributed by atoms with Crippen LogP contribution in [-0.4, -0.2) is 62.1 Å². The molecule has 0 N–H and O–H groups in total. The maximum absolute atomic E-state index is 12.6. The van der Waals surface area contributed by atoms with Crippen molar-refractivity contribution in [1.82, 2.24) is 9.80 Å². The number of hydrogen-bond donors (Lipinski definition) is 0. The molecule has 0 aromatic heterocycles. The van der Waals surface area contributed by atoms with Crippen molar-refractivity contribution < 1.29 is 9.53 Å². The van der Waals surface area contributed by atoms with Crippen LogP contribution in [0.25, 0.3) is 0 Å². The average Bonchev–Trinajstić information content (AvgIpc) is 2.62. The molecule has 1 unspecified atom stereocenters. The second-order valence-electron chi connectivity index (χ2n) is 8.65. The quantitative estimate of drug-likeness (QED) is 0.374. The van der Waals surface area contributed by atoms with Gasteiger partial charge in [0.05, 0.1) is 5.92 Å². The summed E-state index contributed by atoms with van der Waals surface area (Å²) in [6.45, 7) is 16.3. The summed E-state index contributed by atoms with van der Waals surface area (Å²) in [7, 11) is 2.17. The fourth-order valence-electron chi connectivity index (χ4n) is 3.19. The predicted octanol–water partition coefficient (Wildman–Crippen LogP) is 4.83. The van der Waals surface area contributed by atoms with Gasteiger partial charge in [0.1, 0.15) is 6.61 Å². The van der Waals surface area contributed by atoms with Crippen molar-refractivity contribution >= 4 is 5.97 Å². The fraction of sp³-hybridized carbons (Fsp3) is 0.708. The molecule has 0 aliphatic carbocycles. The van der Waals surface area contributed by atoms with E-state index in [-0.39, 0.29) is 11.9 Å². The minimum Gasteiger partial charge on any atom is -0.461 e. The highest BCUT2D eigenvalue weighted by atomic mass is 16.5. The summed E-state index contributed by atoms with van der Waals surface area (Å²) >= 11 is 0. The number of hydrogen-bond acceptors (Lipinski definition) is 4. The number of carbonyl (C=O) groups excluding carboxylic acids is 1. The van der Waals surface area contributed by atoms with Gasteiger partial charge in [-0.3, -0.25) is 4.79 Å². The molecule has 0 amide bonds. The maximum atomic E-state index is 12.6. The van der Waals surface area contributed by atoms with Crippen molar-refractivity contribution in [3.8, 4) is 0 Å². The van der Waals surface area contributed by atoms with Crippen molar-refractivity contribution in [2.24, 2.45) is 5.92 Å². The van der Waals surface area contributed by atoms with Crippen LogP contribution in [0.15, 0.2) is 34.9 Å². The van der Waals surface area contributed by atoms with Crippen molar-refractivity contribution in [3.63, 3.8) is 0 Å². The van der Waals surface area contributed by atoms with Crippen molar-refractivity contribution in [2.75, 3.05) is 46.4 Å². The Morgan fingerprint density at radius 1 is 0.964 bits per heavy atom. The first-order chi connectivity index (χ1) is 13.3. The number of rotatable bonds is 11. The highest BCUT2D eigenvalue weighted by Crippen LogP contribution is 2.16. The minimum atomic E-state index is -0.0556. The van der Waals surface area contributed by atoms with Crippen LogP contribution in [0.3, 0.4) is 0 Å². The smallest absolute Gasteiger partial charge is 0.309 e. The number of likely N-dealkylation sites (N-methyl/N-ethyl adjacent to an activating group) is 1. The van der Waals surface area contributed by atoms with Crippen molar-refractivity contribution in [3.05, 3.63) is 34.9 Å². The Labute approximate surface area is 173 Å². The third kappa shape index (κ3) is 11.5. The van der Waals surface area contributed by atoms with E-state index in [0.29, 0.717) is 6.61 Å². The number of nitrogens with zero attached hydrogens (tertiary/aromatic N) is 2. The number of piperazine rings is 1. The minimum absolute atomic E-state index is 0.0473. The van der Waals surface area contributed by atoms with Gasteiger partial charge in [-0.15, -0.1) is 0 Å². The lowest BCUT2D eigenvalue weighted by Crippen LogP contribution is -2.45. The third-order valence-corrected chi connectivity index (χ3v) is 5.28. The first-order valence-corrected chi connectivity index (χ1v) is 10.8. The van der Waals surface area contributed by atoms with E-state index in [1.807, 2.05) is 0 Å². The SMILES string of the molecule is CC(C)=CCCC(C)=CCOC(=O)C(CC=C(C)C)CCN1CCN(C)CC1. The molecule has 0 aromatic carbocycles. The molecule has 1 aliphatic rings. The zero-order valence-electron chi connectivity index (χ0n) is 19.1. The van der Waals surface area contributed by atoms with Crippen LogP contribution >= 0.6 is 0 Å². The highest BCUT2D eigenvalue weighted by molar-refractivity contribution is 5.72. The normalized spacial score (nSPS) is 17.1. The number of carbonyl (C=O) groups is 1. The molecule has 1 rings (SSSR count). The molecular formula is C24H42N2O2. The zero-order chi connectivity index (χ0) is 20.9. The molecule has 0 radical (unpaired) electrons. The highest BCUT2D eigenvalue weighted by Gasteiger charge is 2.21. The van der Waals surface area contributed by atoms with Gasteiger partial charge < -0.3 is 14.5 Å². The van der Waals surface area contributed by atoms with Crippen LogP contribution < -0.4 is 0 Å². The molecule has 160 valence electrons. The van der Waals surface area contributed by atoms with E-state index in [0.717, 1.165) is 58.4 Å². The Kier molecular flexibility index (Phi) is 12.1. The Morgan fingerprint density at radius 3 is 2.21 bits per heavy atom. The summed E-state index contributed by atoms with van der Waals surface area (Å²) in [6, 6.07) is 0. The molecule has 1 aliphatic heterocycles. The molecule has 1 fully saturated rings. The molecule has 4 nitrogen and oxygen atoms in total. The van der Waals surface area contributed by atoms with Crippen LogP contribution in [0, 0.1) is 5.92 Å². The Balaban J connectivity index is 2.47. The van der Waals surface area contributed by atoms with Gasteiger partial charge in [0.2, 0.25) is 0 Å². The van der Waals surface area contributed by atoms with E-state index >= 15 is 0 Å². The van der Waals surface area contributed by atoms with Crippen molar-refractivity contribution in [2.45, 2.75) is 60.3 Å². The first kappa shape index (κ1) is 24.6. The Morgan fingerprint density at radius 2 is 1.61 bits per heavy atom. The summed E-state index contributed by atoms with van der Waals surface area (Å²) in [6.07, 6.45) is 10.2. The number of allylic oxidation sites excluding steroid dienone is 5. The lowest BCUT2D eigenvalue weighted by molar-refractivity contribution is -0.147. The topological polar surface area (TPSA) is 32.8 Å². The van der Waals surface area contributed by atoms with Gasteiger partial charge in [-0.1, -0.05) is 28.9 Å². The summed E-state index contributed by atoms with van der Waals surface area (Å²) in [5.74, 6) is -0.103. The van der Waals surface area contributed by atoms with Gasteiger partial charge in [-0.2, -0.15) is 0 Å². The van der Waals surface area contributed by atoms with E-state index in [1.165, 1.54) is 16.7 Å². The zero-order valence-corrected chi connectivity index (χ0v) is 19.1. The van der Waals surface area contributed by atoms with Crippen LogP contribution in [0.5, 0.6) is 0 Å². The molecule has 1 atom stereocenters. The predicted molar refractivity (Wildman–Crippen MR) is 119 cm³/mol. The molecule has 0 bridgehead atoms. The van der Waals surface area contributed by atoms with Gasteiger partial charge >= 0.3 is 5.97 Å². The van der Waals surface area contributed by atoms with E-state index in [2.05, 4.69) is 69.7 Å². The fourth-order valence-corrected chi connectivity index (χ4v) is 3.19. The van der Waals surface area contributed by atoms with Crippen molar-refractivity contribution in [1.29, 1.82) is 0 Å². The van der Waals surface area contributed by atoms with Crippen LogP contribution in [0.2, 0.25) is 0 Å². The average molecular weight is 391 g/mol. The number of esters is 1. The maximum Gasteiger partial charge on any atom is 0.309 e. The second kappa shape index (κ2) is 13.7. The standard InChI is InChI=1S/C24H42N2O2/c1-20(2)8-7-9-22(5)13-19-28-24(27)23(11-10-21(3)4)12-14-26-17-15-25(6)16-18-26/h8,10,13,23H,7,9,11-12,14-19H2,1-6H3. The lowest BCUT2D eigenvalue weighted by Gasteiger charge is -2.32. The first-order valence-electron chi connectivity index (χ1n) is 10.8. The third-order valence-electron chi connectivity index (χ3n) is 5.28. The van der Waals surface area contributed by atoms with Crippen LogP contribution in [-0.2, 0) is 9.53 Å². The summed E-state index contributed by atoms with van der Waals surface area (Å²) in [5, 5.41) is 0. The van der Waals surface area contributed by atoms with Gasteiger partial charge in [-0.25, -0.2) is 0 Å². The second-order valence-corrected chi connectivity index (χ2v) is 8.65. The van der Waals surface area contributed by atoms with Gasteiger partial charge in [0.25, 0.3) is 0 Å². The van der Waals surface area contributed by atoms with E-state index < -0.39 is 0 Å². The summed E-state index contributed by atoms with van der Waals surface area (Å²) < 4.78 is 5.60. The molecular weight excluding hydrogens is 348 g/mol. The monoisotopic (exact) mass is 390 g/mol. The van der Waals surface area contributed by atoms with Crippen LogP contribution in [0.4, 0.5) is 0 Å². The molecule has 0 spiro atoms. The van der Waals surface area contributed by atoms with Crippen LogP contribution in [0.1, 0.15) is 60.3 Å². The van der Waals surface area contributed by atoms with Gasteiger partial charge in [0, 0.05) is 26.2 Å². The molecule has 28 heavy (non-hydrogen) atoms. The van der Waals surface area contributed by atoms with E-state index in [9.17, 15) is 4.79 Å². The number of ether oxygens (including phenoxy) is 1. The Hall–Kier alpha value is -1.39. The molecule has 1 saturated heterocycles. The lowest BCUT2D eigenvalue weighted by atomic mass is 9.99.